The second kappa shape index (κ2) is 6.45. The lowest BCUT2D eigenvalue weighted by molar-refractivity contribution is -0.129. The van der Waals surface area contributed by atoms with Gasteiger partial charge in [-0.3, -0.25) is 4.79 Å². The third kappa shape index (κ3) is 3.28. The first-order valence-corrected chi connectivity index (χ1v) is 8.00. The molecule has 2 heteroatoms. The van der Waals surface area contributed by atoms with Crippen molar-refractivity contribution in [1.82, 2.24) is 0 Å². The topological polar surface area (TPSA) is 37.3 Å². The Morgan fingerprint density at radius 2 is 1.41 bits per heavy atom. The highest BCUT2D eigenvalue weighted by molar-refractivity contribution is 5.84. The fourth-order valence-corrected chi connectivity index (χ4v) is 3.59. The first-order chi connectivity index (χ1) is 10.7. The molecule has 1 N–H and O–H groups in total. The van der Waals surface area contributed by atoms with Crippen LogP contribution < -0.4 is 0 Å². The maximum Gasteiger partial charge on any atom is 0.138 e. The number of carbonyl (C=O) groups is 1. The smallest absolute Gasteiger partial charge is 0.138 e. The molecule has 1 aliphatic rings. The summed E-state index contributed by atoms with van der Waals surface area (Å²) in [6.07, 6.45) is 3.36. The van der Waals surface area contributed by atoms with Crippen molar-refractivity contribution in [2.75, 3.05) is 0 Å². The Morgan fingerprint density at radius 1 is 0.909 bits per heavy atom. The van der Waals surface area contributed by atoms with Gasteiger partial charge in [-0.2, -0.15) is 0 Å². The first kappa shape index (κ1) is 15.0. The molecule has 114 valence electrons. The van der Waals surface area contributed by atoms with Gasteiger partial charge in [-0.25, -0.2) is 0 Å². The van der Waals surface area contributed by atoms with E-state index in [1.54, 1.807) is 0 Å². The molecule has 0 aliphatic heterocycles. The fourth-order valence-electron chi connectivity index (χ4n) is 3.59. The molecule has 1 saturated carbocycles. The standard InChI is InChI=1S/C20H22O2/c21-19-13-7-12-18(19)20(22,14-16-8-3-1-4-9-16)15-17-10-5-2-6-11-17/h1-6,8-11,18,22H,7,12-15H2. The zero-order chi connectivity index (χ0) is 15.4. The van der Waals surface area contributed by atoms with Crippen molar-refractivity contribution >= 4 is 5.78 Å². The van der Waals surface area contributed by atoms with E-state index in [0.717, 1.165) is 24.0 Å². The summed E-state index contributed by atoms with van der Waals surface area (Å²) in [5.41, 5.74) is 1.18. The molecule has 22 heavy (non-hydrogen) atoms. The van der Waals surface area contributed by atoms with Crippen molar-refractivity contribution in [2.24, 2.45) is 5.92 Å². The zero-order valence-corrected chi connectivity index (χ0v) is 12.7. The minimum atomic E-state index is -0.990. The summed E-state index contributed by atoms with van der Waals surface area (Å²) < 4.78 is 0. The van der Waals surface area contributed by atoms with E-state index >= 15 is 0 Å². The van der Waals surface area contributed by atoms with E-state index in [1.807, 2.05) is 60.7 Å². The predicted molar refractivity (Wildman–Crippen MR) is 87.6 cm³/mol. The second-order valence-corrected chi connectivity index (χ2v) is 6.34. The van der Waals surface area contributed by atoms with Gasteiger partial charge in [0.25, 0.3) is 0 Å². The maximum atomic E-state index is 12.2. The number of ketones is 1. The summed E-state index contributed by atoms with van der Waals surface area (Å²) >= 11 is 0. The second-order valence-electron chi connectivity index (χ2n) is 6.34. The maximum absolute atomic E-state index is 12.2. The molecule has 2 aromatic rings. The minimum Gasteiger partial charge on any atom is -0.388 e. The normalized spacial score (nSPS) is 18.6. The average Bonchev–Trinajstić information content (AvgIpc) is 2.96. The Morgan fingerprint density at radius 3 is 1.82 bits per heavy atom. The van der Waals surface area contributed by atoms with Gasteiger partial charge in [0.15, 0.2) is 0 Å². The Hall–Kier alpha value is -1.93. The minimum absolute atomic E-state index is 0.217. The monoisotopic (exact) mass is 294 g/mol. The Bertz CT molecular complexity index is 577. The summed E-state index contributed by atoms with van der Waals surface area (Å²) in [4.78, 5) is 12.2. The largest absolute Gasteiger partial charge is 0.388 e. The van der Waals surface area contributed by atoms with E-state index in [-0.39, 0.29) is 11.7 Å². The van der Waals surface area contributed by atoms with Crippen LogP contribution in [0.4, 0.5) is 0 Å². The molecule has 1 aliphatic carbocycles. The zero-order valence-electron chi connectivity index (χ0n) is 12.7. The highest BCUT2D eigenvalue weighted by atomic mass is 16.3. The number of rotatable bonds is 5. The molecule has 0 amide bonds. The average molecular weight is 294 g/mol. The van der Waals surface area contributed by atoms with Crippen LogP contribution in [0, 0.1) is 5.92 Å². The summed E-state index contributed by atoms with van der Waals surface area (Å²) in [6.45, 7) is 0. The molecule has 1 atom stereocenters. The number of aliphatic hydroxyl groups is 1. The van der Waals surface area contributed by atoms with Crippen LogP contribution in [-0.4, -0.2) is 16.5 Å². The van der Waals surface area contributed by atoms with Gasteiger partial charge in [-0.15, -0.1) is 0 Å². The molecule has 0 saturated heterocycles. The summed E-state index contributed by atoms with van der Waals surface area (Å²) in [7, 11) is 0. The lowest BCUT2D eigenvalue weighted by atomic mass is 9.76. The lowest BCUT2D eigenvalue weighted by Crippen LogP contribution is -2.44. The van der Waals surface area contributed by atoms with E-state index < -0.39 is 5.60 Å². The fraction of sp³-hybridized carbons (Fsp3) is 0.350. The van der Waals surface area contributed by atoms with Crippen LogP contribution in [0.1, 0.15) is 30.4 Å². The molecule has 2 aromatic carbocycles. The molecule has 0 radical (unpaired) electrons. The third-order valence-corrected chi connectivity index (χ3v) is 4.66. The Kier molecular flexibility index (Phi) is 4.39. The summed E-state index contributed by atoms with van der Waals surface area (Å²) in [6, 6.07) is 20.0. The summed E-state index contributed by atoms with van der Waals surface area (Å²) in [5, 5.41) is 11.4. The first-order valence-electron chi connectivity index (χ1n) is 8.00. The molecule has 1 fully saturated rings. The molecule has 3 rings (SSSR count). The van der Waals surface area contributed by atoms with E-state index in [4.69, 9.17) is 0 Å². The van der Waals surface area contributed by atoms with Crippen molar-refractivity contribution in [3.63, 3.8) is 0 Å². The van der Waals surface area contributed by atoms with Crippen molar-refractivity contribution in [2.45, 2.75) is 37.7 Å². The van der Waals surface area contributed by atoms with Crippen molar-refractivity contribution in [3.8, 4) is 0 Å². The molecule has 0 heterocycles. The lowest BCUT2D eigenvalue weighted by Gasteiger charge is -2.33. The van der Waals surface area contributed by atoms with E-state index in [9.17, 15) is 9.90 Å². The molecule has 1 unspecified atom stereocenters. The highest BCUT2D eigenvalue weighted by Crippen LogP contribution is 2.36. The van der Waals surface area contributed by atoms with Crippen molar-refractivity contribution in [3.05, 3.63) is 71.8 Å². The number of Topliss-reactive ketones (excluding diaryl/α,β-unsaturated/α-hetero) is 1. The molecule has 0 bridgehead atoms. The number of carbonyl (C=O) groups excluding carboxylic acids is 1. The Labute approximate surface area is 131 Å². The summed E-state index contributed by atoms with van der Waals surface area (Å²) in [5.74, 6) is -0.0257. The molecule has 0 spiro atoms. The van der Waals surface area contributed by atoms with Crippen LogP contribution in [0.15, 0.2) is 60.7 Å². The number of benzene rings is 2. The van der Waals surface area contributed by atoms with E-state index in [1.165, 1.54) is 0 Å². The van der Waals surface area contributed by atoms with Gasteiger partial charge in [0, 0.05) is 25.2 Å². The van der Waals surface area contributed by atoms with Gasteiger partial charge >= 0.3 is 0 Å². The SMILES string of the molecule is O=C1CCCC1C(O)(Cc1ccccc1)Cc1ccccc1. The van der Waals surface area contributed by atoms with E-state index in [0.29, 0.717) is 19.3 Å². The van der Waals surface area contributed by atoms with Gasteiger partial charge < -0.3 is 5.11 Å². The van der Waals surface area contributed by atoms with Crippen molar-refractivity contribution in [1.29, 1.82) is 0 Å². The van der Waals surface area contributed by atoms with Gasteiger partial charge in [-0.05, 0) is 24.0 Å². The highest BCUT2D eigenvalue weighted by Gasteiger charge is 2.43. The van der Waals surface area contributed by atoms with Crippen molar-refractivity contribution < 1.29 is 9.90 Å². The van der Waals surface area contributed by atoms with Gasteiger partial charge in [0.2, 0.25) is 0 Å². The van der Waals surface area contributed by atoms with Crippen LogP contribution in [0.2, 0.25) is 0 Å². The van der Waals surface area contributed by atoms with Gasteiger partial charge in [0.1, 0.15) is 5.78 Å². The van der Waals surface area contributed by atoms with Gasteiger partial charge in [0.05, 0.1) is 5.60 Å². The van der Waals surface area contributed by atoms with Crippen LogP contribution in [0.5, 0.6) is 0 Å². The van der Waals surface area contributed by atoms with Crippen LogP contribution in [0.25, 0.3) is 0 Å². The van der Waals surface area contributed by atoms with Gasteiger partial charge in [-0.1, -0.05) is 60.7 Å². The number of hydrogen-bond acceptors (Lipinski definition) is 2. The number of hydrogen-bond donors (Lipinski definition) is 1. The van der Waals surface area contributed by atoms with Crippen LogP contribution in [-0.2, 0) is 17.6 Å². The quantitative estimate of drug-likeness (QED) is 0.915. The van der Waals surface area contributed by atoms with Crippen LogP contribution >= 0.6 is 0 Å². The molecule has 2 nitrogen and oxygen atoms in total. The van der Waals surface area contributed by atoms with E-state index in [2.05, 4.69) is 0 Å². The molecule has 0 aromatic heterocycles. The molecular weight excluding hydrogens is 272 g/mol. The third-order valence-electron chi connectivity index (χ3n) is 4.66. The predicted octanol–water partition coefficient (Wildman–Crippen LogP) is 3.57. The Balaban J connectivity index is 1.89. The van der Waals surface area contributed by atoms with Crippen LogP contribution in [0.3, 0.4) is 0 Å². The molecular formula is C20H22O2.